The molecule has 0 fully saturated rings. The van der Waals surface area contributed by atoms with Gasteiger partial charge in [-0.1, -0.05) is 48.0 Å². The number of pyridine rings is 1. The van der Waals surface area contributed by atoms with Gasteiger partial charge in [0, 0.05) is 24.2 Å². The molecule has 0 aliphatic carbocycles. The van der Waals surface area contributed by atoms with Crippen molar-refractivity contribution < 1.29 is 13.2 Å². The van der Waals surface area contributed by atoms with Crippen LogP contribution in [-0.4, -0.2) is 26.4 Å². The van der Waals surface area contributed by atoms with Gasteiger partial charge in [-0.3, -0.25) is 14.1 Å². The first-order chi connectivity index (χ1) is 14.9. The van der Waals surface area contributed by atoms with Crippen molar-refractivity contribution in [1.29, 1.82) is 0 Å². The predicted octanol–water partition coefficient (Wildman–Crippen LogP) is 4.97. The summed E-state index contributed by atoms with van der Waals surface area (Å²) < 4.78 is 27.5. The van der Waals surface area contributed by atoms with Crippen molar-refractivity contribution in [3.63, 3.8) is 0 Å². The fourth-order valence-corrected chi connectivity index (χ4v) is 4.86. The van der Waals surface area contributed by atoms with Crippen LogP contribution in [0.25, 0.3) is 10.9 Å². The van der Waals surface area contributed by atoms with E-state index in [4.69, 9.17) is 11.6 Å². The van der Waals surface area contributed by atoms with E-state index in [0.717, 1.165) is 9.69 Å². The van der Waals surface area contributed by atoms with Crippen molar-refractivity contribution in [2.45, 2.75) is 4.90 Å². The number of amides is 1. The number of hydrogen-bond acceptors (Lipinski definition) is 4. The van der Waals surface area contributed by atoms with Crippen LogP contribution in [0.1, 0.15) is 10.4 Å². The summed E-state index contributed by atoms with van der Waals surface area (Å²) >= 11 is 6.21. The van der Waals surface area contributed by atoms with Gasteiger partial charge in [0.2, 0.25) is 0 Å². The molecule has 4 aromatic rings. The normalized spacial score (nSPS) is 11.3. The second kappa shape index (κ2) is 8.37. The lowest BCUT2D eigenvalue weighted by Crippen LogP contribution is -2.27. The quantitative estimate of drug-likeness (QED) is 0.464. The lowest BCUT2D eigenvalue weighted by molar-refractivity contribution is 0.102. The Labute approximate surface area is 185 Å². The number of benzene rings is 3. The molecule has 0 aliphatic rings. The fourth-order valence-electron chi connectivity index (χ4n) is 3.17. The highest BCUT2D eigenvalue weighted by Gasteiger charge is 2.25. The van der Waals surface area contributed by atoms with Crippen molar-refractivity contribution in [3.05, 3.63) is 95.6 Å². The second-order valence-electron chi connectivity index (χ2n) is 6.79. The number of halogens is 1. The third-order valence-corrected chi connectivity index (χ3v) is 7.10. The number of carbonyl (C=O) groups is 1. The van der Waals surface area contributed by atoms with Gasteiger partial charge in [0.15, 0.2) is 0 Å². The summed E-state index contributed by atoms with van der Waals surface area (Å²) in [7, 11) is -2.54. The molecule has 8 heteroatoms. The predicted molar refractivity (Wildman–Crippen MR) is 123 cm³/mol. The monoisotopic (exact) mass is 451 g/mol. The van der Waals surface area contributed by atoms with Gasteiger partial charge in [-0.2, -0.15) is 0 Å². The molecule has 3 aromatic carbocycles. The van der Waals surface area contributed by atoms with Gasteiger partial charge in [0.1, 0.15) is 4.90 Å². The van der Waals surface area contributed by atoms with Crippen molar-refractivity contribution in [2.75, 3.05) is 16.7 Å². The topological polar surface area (TPSA) is 79.4 Å². The third-order valence-electron chi connectivity index (χ3n) is 4.83. The number of para-hydroxylation sites is 2. The zero-order valence-electron chi connectivity index (χ0n) is 16.5. The minimum atomic E-state index is -3.98. The highest BCUT2D eigenvalue weighted by molar-refractivity contribution is 7.93. The molecule has 1 amide bonds. The van der Waals surface area contributed by atoms with Crippen LogP contribution in [0, 0.1) is 0 Å². The number of fused-ring (bicyclic) bond motifs is 1. The summed E-state index contributed by atoms with van der Waals surface area (Å²) in [6.45, 7) is 0. The first-order valence-electron chi connectivity index (χ1n) is 9.36. The highest BCUT2D eigenvalue weighted by Crippen LogP contribution is 2.29. The zero-order chi connectivity index (χ0) is 22.0. The molecule has 0 spiro atoms. The Bertz CT molecular complexity index is 1370. The number of nitrogens with zero attached hydrogens (tertiary/aromatic N) is 2. The largest absolute Gasteiger partial charge is 0.320 e. The van der Waals surface area contributed by atoms with Gasteiger partial charge in [0.25, 0.3) is 15.9 Å². The minimum absolute atomic E-state index is 0.0335. The highest BCUT2D eigenvalue weighted by atomic mass is 35.5. The number of rotatable bonds is 5. The summed E-state index contributed by atoms with van der Waals surface area (Å²) in [5.41, 5.74) is 1.82. The van der Waals surface area contributed by atoms with Crippen molar-refractivity contribution in [3.8, 4) is 0 Å². The molecular weight excluding hydrogens is 434 g/mol. The van der Waals surface area contributed by atoms with E-state index < -0.39 is 15.9 Å². The maximum absolute atomic E-state index is 13.2. The van der Waals surface area contributed by atoms with Crippen LogP contribution >= 0.6 is 11.6 Å². The Balaban J connectivity index is 1.68. The summed E-state index contributed by atoms with van der Waals surface area (Å²) in [5.74, 6) is -0.464. The van der Waals surface area contributed by atoms with Gasteiger partial charge in [-0.15, -0.1) is 0 Å². The Morgan fingerprint density at radius 2 is 1.71 bits per heavy atom. The molecule has 0 radical (unpaired) electrons. The van der Waals surface area contributed by atoms with Crippen molar-refractivity contribution in [2.24, 2.45) is 0 Å². The van der Waals surface area contributed by atoms with E-state index in [1.54, 1.807) is 42.6 Å². The molecule has 31 heavy (non-hydrogen) atoms. The molecular formula is C23H18ClN3O3S. The molecule has 6 nitrogen and oxygen atoms in total. The van der Waals surface area contributed by atoms with E-state index in [1.165, 1.54) is 25.2 Å². The van der Waals surface area contributed by atoms with E-state index in [-0.39, 0.29) is 15.5 Å². The van der Waals surface area contributed by atoms with Crippen LogP contribution in [0.5, 0.6) is 0 Å². The molecule has 0 saturated carbocycles. The van der Waals surface area contributed by atoms with E-state index in [9.17, 15) is 13.2 Å². The van der Waals surface area contributed by atoms with Crippen molar-refractivity contribution in [1.82, 2.24) is 4.98 Å². The van der Waals surface area contributed by atoms with Crippen LogP contribution in [0.15, 0.2) is 90.0 Å². The molecule has 1 heterocycles. The van der Waals surface area contributed by atoms with Crippen LogP contribution < -0.4 is 9.62 Å². The lowest BCUT2D eigenvalue weighted by Gasteiger charge is -2.20. The second-order valence-corrected chi connectivity index (χ2v) is 9.13. The molecule has 1 aromatic heterocycles. The van der Waals surface area contributed by atoms with E-state index >= 15 is 0 Å². The molecule has 0 aliphatic heterocycles. The molecule has 0 saturated heterocycles. The summed E-state index contributed by atoms with van der Waals surface area (Å²) in [5, 5.41) is 3.72. The van der Waals surface area contributed by atoms with E-state index in [2.05, 4.69) is 10.3 Å². The summed E-state index contributed by atoms with van der Waals surface area (Å²) in [4.78, 5) is 17.1. The molecule has 1 N–H and O–H groups in total. The van der Waals surface area contributed by atoms with Crippen LogP contribution in [0.4, 0.5) is 11.4 Å². The standard InChI is InChI=1S/C23H18ClN3O3S/c1-27(18-9-3-2-4-10-18)31(29,30)21-15-17(12-13-19(21)24)23(28)26-20-11-5-7-16-8-6-14-25-22(16)20/h2-15H,1H3,(H,26,28). The van der Waals surface area contributed by atoms with Gasteiger partial charge in [-0.25, -0.2) is 8.42 Å². The first-order valence-corrected chi connectivity index (χ1v) is 11.2. The molecule has 0 bridgehead atoms. The number of sulfonamides is 1. The Morgan fingerprint density at radius 1 is 0.968 bits per heavy atom. The number of aromatic nitrogens is 1. The van der Waals surface area contributed by atoms with E-state index in [1.807, 2.05) is 24.3 Å². The van der Waals surface area contributed by atoms with Gasteiger partial charge in [0.05, 0.1) is 21.9 Å². The average Bonchev–Trinajstić information content (AvgIpc) is 2.79. The maximum atomic E-state index is 13.2. The number of nitrogens with one attached hydrogen (secondary N) is 1. The lowest BCUT2D eigenvalue weighted by atomic mass is 10.1. The Hall–Kier alpha value is -3.42. The molecule has 0 unspecified atom stereocenters. The van der Waals surface area contributed by atoms with Gasteiger partial charge in [-0.05, 0) is 42.5 Å². The molecule has 0 atom stereocenters. The van der Waals surface area contributed by atoms with Crippen LogP contribution in [0.3, 0.4) is 0 Å². The smallest absolute Gasteiger partial charge is 0.265 e. The molecule has 156 valence electrons. The SMILES string of the molecule is CN(c1ccccc1)S(=O)(=O)c1cc(C(=O)Nc2cccc3cccnc23)ccc1Cl. The average molecular weight is 452 g/mol. The Morgan fingerprint density at radius 3 is 2.48 bits per heavy atom. The van der Waals surface area contributed by atoms with E-state index in [0.29, 0.717) is 16.9 Å². The minimum Gasteiger partial charge on any atom is -0.320 e. The van der Waals surface area contributed by atoms with Crippen LogP contribution in [-0.2, 0) is 10.0 Å². The van der Waals surface area contributed by atoms with Crippen molar-refractivity contribution >= 4 is 49.8 Å². The van der Waals surface area contributed by atoms with Crippen LogP contribution in [0.2, 0.25) is 5.02 Å². The van der Waals surface area contributed by atoms with Gasteiger partial charge >= 0.3 is 0 Å². The zero-order valence-corrected chi connectivity index (χ0v) is 18.1. The number of anilines is 2. The number of carbonyl (C=O) groups excluding carboxylic acids is 1. The Kier molecular flexibility index (Phi) is 5.63. The summed E-state index contributed by atoms with van der Waals surface area (Å²) in [6.07, 6.45) is 1.64. The van der Waals surface area contributed by atoms with Gasteiger partial charge < -0.3 is 5.32 Å². The fraction of sp³-hybridized carbons (Fsp3) is 0.0435. The molecule has 4 rings (SSSR count). The first kappa shape index (κ1) is 20.8. The maximum Gasteiger partial charge on any atom is 0.265 e. The number of hydrogen-bond donors (Lipinski definition) is 1. The summed E-state index contributed by atoms with van der Waals surface area (Å²) in [6, 6.07) is 22.0. The third kappa shape index (κ3) is 4.10.